The van der Waals surface area contributed by atoms with E-state index in [-0.39, 0.29) is 11.5 Å². The van der Waals surface area contributed by atoms with Crippen LogP contribution < -0.4 is 10.9 Å². The van der Waals surface area contributed by atoms with Crippen LogP contribution in [0.5, 0.6) is 0 Å². The van der Waals surface area contributed by atoms with Crippen molar-refractivity contribution in [3.05, 3.63) is 57.6 Å². The van der Waals surface area contributed by atoms with Crippen molar-refractivity contribution in [3.8, 4) is 0 Å². The molecule has 4 rings (SSSR count). The number of allylic oxidation sites excluding steroid dienone is 1. The largest absolute Gasteiger partial charge is 0.467 e. The quantitative estimate of drug-likeness (QED) is 0.363. The van der Waals surface area contributed by atoms with Crippen molar-refractivity contribution in [1.29, 1.82) is 0 Å². The summed E-state index contributed by atoms with van der Waals surface area (Å²) < 4.78 is 6.86. The Morgan fingerprint density at radius 2 is 2.39 bits per heavy atom. The molecule has 0 saturated heterocycles. The molecule has 1 N–H and O–H groups in total. The van der Waals surface area contributed by atoms with E-state index in [0.717, 1.165) is 35.0 Å². The average molecular weight is 416 g/mol. The second-order valence-electron chi connectivity index (χ2n) is 6.69. The number of nitrogens with zero attached hydrogens (tertiary/aromatic N) is 2. The number of hydrogen-bond acceptors (Lipinski definition) is 6. The van der Waals surface area contributed by atoms with Crippen LogP contribution in [0.4, 0.5) is 0 Å². The summed E-state index contributed by atoms with van der Waals surface area (Å²) in [5.74, 6) is 0.566. The van der Waals surface area contributed by atoms with Crippen LogP contribution in [0.25, 0.3) is 10.2 Å². The van der Waals surface area contributed by atoms with E-state index in [0.29, 0.717) is 24.0 Å². The maximum atomic E-state index is 13.1. The molecule has 146 valence electrons. The molecule has 0 radical (unpaired) electrons. The van der Waals surface area contributed by atoms with E-state index in [1.807, 2.05) is 13.0 Å². The normalized spacial score (nSPS) is 14.2. The van der Waals surface area contributed by atoms with Crippen LogP contribution >= 0.6 is 23.1 Å². The zero-order valence-corrected chi connectivity index (χ0v) is 17.2. The van der Waals surface area contributed by atoms with Crippen molar-refractivity contribution in [2.24, 2.45) is 0 Å². The minimum Gasteiger partial charge on any atom is -0.467 e. The lowest BCUT2D eigenvalue weighted by Crippen LogP contribution is -2.31. The fourth-order valence-corrected chi connectivity index (χ4v) is 5.63. The molecule has 0 saturated carbocycles. The third-order valence-corrected chi connectivity index (χ3v) is 7.05. The van der Waals surface area contributed by atoms with Crippen LogP contribution in [0.1, 0.15) is 29.5 Å². The van der Waals surface area contributed by atoms with Gasteiger partial charge >= 0.3 is 0 Å². The predicted molar refractivity (Wildman–Crippen MR) is 112 cm³/mol. The molecule has 3 aromatic rings. The molecule has 28 heavy (non-hydrogen) atoms. The van der Waals surface area contributed by atoms with Gasteiger partial charge in [-0.25, -0.2) is 4.98 Å². The van der Waals surface area contributed by atoms with E-state index >= 15 is 0 Å². The van der Waals surface area contributed by atoms with Crippen LogP contribution in [0.2, 0.25) is 0 Å². The Bertz CT molecular complexity index is 1080. The third kappa shape index (κ3) is 3.54. The van der Waals surface area contributed by atoms with E-state index in [4.69, 9.17) is 9.40 Å². The number of thiophene rings is 1. The first-order chi connectivity index (χ1) is 13.6. The van der Waals surface area contributed by atoms with Gasteiger partial charge in [0.15, 0.2) is 5.16 Å². The first-order valence-corrected chi connectivity index (χ1v) is 10.9. The summed E-state index contributed by atoms with van der Waals surface area (Å²) in [5.41, 5.74) is 1.13. The molecule has 3 aromatic heterocycles. The number of fused-ring (bicyclic) bond motifs is 3. The summed E-state index contributed by atoms with van der Waals surface area (Å²) in [6.07, 6.45) is 6.32. The summed E-state index contributed by atoms with van der Waals surface area (Å²) >= 11 is 2.90. The molecule has 0 fully saturated rings. The van der Waals surface area contributed by atoms with Gasteiger partial charge in [-0.15, -0.1) is 17.9 Å². The van der Waals surface area contributed by atoms with Gasteiger partial charge in [0.05, 0.1) is 23.4 Å². The Kier molecular flexibility index (Phi) is 5.41. The molecule has 0 aliphatic heterocycles. The van der Waals surface area contributed by atoms with Gasteiger partial charge in [-0.1, -0.05) is 17.8 Å². The molecule has 1 atom stereocenters. The average Bonchev–Trinajstić information content (AvgIpc) is 3.39. The highest BCUT2D eigenvalue weighted by Crippen LogP contribution is 2.36. The zero-order chi connectivity index (χ0) is 19.7. The monoisotopic (exact) mass is 415 g/mol. The Balaban J connectivity index is 1.60. The molecule has 3 heterocycles. The van der Waals surface area contributed by atoms with Crippen LogP contribution in [0, 0.1) is 0 Å². The number of rotatable bonds is 7. The number of nitrogens with one attached hydrogen (secondary N) is 1. The van der Waals surface area contributed by atoms with Crippen LogP contribution in [-0.4, -0.2) is 20.7 Å². The fourth-order valence-electron chi connectivity index (χ4n) is 3.38. The lowest BCUT2D eigenvalue weighted by Gasteiger charge is -2.14. The Morgan fingerprint density at radius 1 is 1.54 bits per heavy atom. The molecule has 0 spiro atoms. The lowest BCUT2D eigenvalue weighted by molar-refractivity contribution is -0.120. The highest BCUT2D eigenvalue weighted by molar-refractivity contribution is 8.00. The number of hydrogen-bond donors (Lipinski definition) is 1. The number of carbonyl (C=O) groups excluding carboxylic acids is 1. The lowest BCUT2D eigenvalue weighted by atomic mass is 10.2. The minimum atomic E-state index is -0.401. The highest BCUT2D eigenvalue weighted by atomic mass is 32.2. The number of aromatic nitrogens is 2. The molecule has 1 amide bonds. The highest BCUT2D eigenvalue weighted by Gasteiger charge is 2.24. The van der Waals surface area contributed by atoms with Gasteiger partial charge in [0.2, 0.25) is 5.91 Å². The number of thioether (sulfide) groups is 1. The second-order valence-corrected chi connectivity index (χ2v) is 9.09. The summed E-state index contributed by atoms with van der Waals surface area (Å²) in [6, 6.07) is 3.59. The van der Waals surface area contributed by atoms with E-state index in [9.17, 15) is 9.59 Å². The Hall–Kier alpha value is -2.32. The maximum absolute atomic E-state index is 13.1. The SMILES string of the molecule is C=CCn1c(S[C@H](C)C(=O)NCc2ccco2)nc2sc3c(c2c1=O)CCC3. The van der Waals surface area contributed by atoms with E-state index in [1.54, 1.807) is 34.3 Å². The van der Waals surface area contributed by atoms with Gasteiger partial charge in [0.1, 0.15) is 10.6 Å². The van der Waals surface area contributed by atoms with Crippen LogP contribution in [0.3, 0.4) is 0 Å². The summed E-state index contributed by atoms with van der Waals surface area (Å²) in [7, 11) is 0. The van der Waals surface area contributed by atoms with Crippen molar-refractivity contribution in [2.45, 2.75) is 49.7 Å². The first kappa shape index (κ1) is 19.0. The number of aryl methyl sites for hydroxylation is 2. The molecule has 6 nitrogen and oxygen atoms in total. The van der Waals surface area contributed by atoms with Crippen molar-refractivity contribution in [1.82, 2.24) is 14.9 Å². The van der Waals surface area contributed by atoms with Crippen LogP contribution in [0.15, 0.2) is 45.4 Å². The third-order valence-electron chi connectivity index (χ3n) is 4.77. The number of amides is 1. The molecule has 1 aliphatic carbocycles. The van der Waals surface area contributed by atoms with Gasteiger partial charge in [-0.2, -0.15) is 0 Å². The molecule has 1 aliphatic rings. The standard InChI is InChI=1S/C20H21N3O3S2/c1-3-9-23-19(25)16-14-7-4-8-15(14)28-18(16)22-20(23)27-12(2)17(24)21-11-13-6-5-10-26-13/h3,5-6,10,12H,1,4,7-9,11H2,2H3,(H,21,24)/t12-/m1/s1. The van der Waals surface area contributed by atoms with Crippen LogP contribution in [-0.2, 0) is 30.7 Å². The van der Waals surface area contributed by atoms with E-state index in [2.05, 4.69) is 11.9 Å². The minimum absolute atomic E-state index is 0.0324. The Morgan fingerprint density at radius 3 is 3.14 bits per heavy atom. The molecule has 8 heteroatoms. The Labute approximate surface area is 170 Å². The van der Waals surface area contributed by atoms with E-state index in [1.165, 1.54) is 16.6 Å². The summed E-state index contributed by atoms with van der Waals surface area (Å²) in [5, 5.41) is 3.76. The van der Waals surface area contributed by atoms with E-state index < -0.39 is 5.25 Å². The molecular formula is C20H21N3O3S2. The number of carbonyl (C=O) groups is 1. The smallest absolute Gasteiger partial charge is 0.263 e. The molecule has 0 unspecified atom stereocenters. The summed E-state index contributed by atoms with van der Waals surface area (Å²) in [4.78, 5) is 32.4. The van der Waals surface area contributed by atoms with Gasteiger partial charge in [-0.05, 0) is 43.9 Å². The summed E-state index contributed by atoms with van der Waals surface area (Å²) in [6.45, 7) is 6.28. The maximum Gasteiger partial charge on any atom is 0.263 e. The first-order valence-electron chi connectivity index (χ1n) is 9.21. The predicted octanol–water partition coefficient (Wildman–Crippen LogP) is 3.52. The fraction of sp³-hybridized carbons (Fsp3) is 0.350. The number of furan rings is 1. The zero-order valence-electron chi connectivity index (χ0n) is 15.6. The molecular weight excluding hydrogens is 394 g/mol. The van der Waals surface area contributed by atoms with Crippen molar-refractivity contribution in [2.75, 3.05) is 0 Å². The van der Waals surface area contributed by atoms with Crippen molar-refractivity contribution in [3.63, 3.8) is 0 Å². The van der Waals surface area contributed by atoms with Crippen molar-refractivity contribution < 1.29 is 9.21 Å². The van der Waals surface area contributed by atoms with Crippen molar-refractivity contribution >= 4 is 39.2 Å². The van der Waals surface area contributed by atoms with Gasteiger partial charge in [0.25, 0.3) is 5.56 Å². The molecule has 0 bridgehead atoms. The topological polar surface area (TPSA) is 77.1 Å². The molecule has 0 aromatic carbocycles. The van der Waals surface area contributed by atoms with Gasteiger partial charge in [-0.3, -0.25) is 14.2 Å². The second kappa shape index (κ2) is 7.97. The van der Waals surface area contributed by atoms with Gasteiger partial charge in [0, 0.05) is 11.4 Å². The van der Waals surface area contributed by atoms with Gasteiger partial charge < -0.3 is 9.73 Å².